The van der Waals surface area contributed by atoms with Crippen LogP contribution in [0.15, 0.2) is 47.5 Å². The van der Waals surface area contributed by atoms with Crippen LogP contribution < -0.4 is 0 Å². The third-order valence-electron chi connectivity index (χ3n) is 5.08. The van der Waals surface area contributed by atoms with Gasteiger partial charge in [-0.15, -0.1) is 10.2 Å². The molecule has 2 aliphatic heterocycles. The van der Waals surface area contributed by atoms with E-state index in [9.17, 15) is 0 Å². The van der Waals surface area contributed by atoms with Crippen molar-refractivity contribution < 1.29 is 4.74 Å². The highest BCUT2D eigenvalue weighted by atomic mass is 35.5. The normalized spacial score (nSPS) is 16.4. The Morgan fingerprint density at radius 2 is 1.84 bits per heavy atom. The highest BCUT2D eigenvalue weighted by Gasteiger charge is 2.24. The van der Waals surface area contributed by atoms with Gasteiger partial charge in [-0.1, -0.05) is 52.2 Å². The van der Waals surface area contributed by atoms with Gasteiger partial charge in [0.05, 0.1) is 30.4 Å². The van der Waals surface area contributed by atoms with Gasteiger partial charge in [-0.3, -0.25) is 9.56 Å². The number of hydrogen-bond donors (Lipinski definition) is 0. The van der Waals surface area contributed by atoms with E-state index in [0.717, 1.165) is 66.2 Å². The summed E-state index contributed by atoms with van der Waals surface area (Å²) >= 11 is 12.9. The second kappa shape index (κ2) is 9.52. The predicted octanol–water partition coefficient (Wildman–Crippen LogP) is 5.05. The molecule has 0 bridgehead atoms. The number of nitrogens with zero attached hydrogens (tertiary/aromatic N) is 5. The van der Waals surface area contributed by atoms with Gasteiger partial charge in [0.1, 0.15) is 12.4 Å². The standard InChI is InChI=1S/C21H19Cl2N5OS2/c22-14-5-6-18-16(11-14)21(15-3-1-2-4-17(15)23)24-12-19-25-26-20(28(18)19)13-30-31-27-7-9-29-10-8-27/h1-6,11H,7-10,12-13H2. The Labute approximate surface area is 198 Å². The Bertz CT molecular complexity index is 1130. The summed E-state index contributed by atoms with van der Waals surface area (Å²) in [6, 6.07) is 13.6. The third-order valence-corrected chi connectivity index (χ3v) is 8.00. The Morgan fingerprint density at radius 3 is 2.68 bits per heavy atom. The number of ether oxygens (including phenoxy) is 1. The van der Waals surface area contributed by atoms with Crippen molar-refractivity contribution in [2.24, 2.45) is 4.99 Å². The number of aromatic nitrogens is 3. The van der Waals surface area contributed by atoms with Crippen LogP contribution in [0.3, 0.4) is 0 Å². The Kier molecular flexibility index (Phi) is 6.54. The molecule has 5 rings (SSSR count). The van der Waals surface area contributed by atoms with Gasteiger partial charge >= 0.3 is 0 Å². The van der Waals surface area contributed by atoms with Gasteiger partial charge in [0.2, 0.25) is 0 Å². The Hall–Kier alpha value is -1.55. The van der Waals surface area contributed by atoms with Crippen molar-refractivity contribution in [3.63, 3.8) is 0 Å². The van der Waals surface area contributed by atoms with Gasteiger partial charge < -0.3 is 4.74 Å². The van der Waals surface area contributed by atoms with Gasteiger partial charge in [-0.25, -0.2) is 4.31 Å². The molecule has 0 radical (unpaired) electrons. The predicted molar refractivity (Wildman–Crippen MR) is 128 cm³/mol. The van der Waals surface area contributed by atoms with Crippen molar-refractivity contribution in [3.05, 3.63) is 75.3 Å². The van der Waals surface area contributed by atoms with E-state index in [1.165, 1.54) is 0 Å². The van der Waals surface area contributed by atoms with Gasteiger partial charge in [0.15, 0.2) is 5.82 Å². The monoisotopic (exact) mass is 491 g/mol. The van der Waals surface area contributed by atoms with Crippen LogP contribution in [0.4, 0.5) is 0 Å². The minimum atomic E-state index is 0.418. The largest absolute Gasteiger partial charge is 0.379 e. The summed E-state index contributed by atoms with van der Waals surface area (Å²) in [7, 11) is 3.51. The number of halogens is 2. The molecule has 1 fully saturated rings. The van der Waals surface area contributed by atoms with Crippen LogP contribution in [-0.4, -0.2) is 51.1 Å². The molecule has 10 heteroatoms. The topological polar surface area (TPSA) is 55.5 Å². The second-order valence-electron chi connectivity index (χ2n) is 7.05. The molecule has 3 heterocycles. The van der Waals surface area contributed by atoms with E-state index in [2.05, 4.69) is 19.1 Å². The summed E-state index contributed by atoms with van der Waals surface area (Å²) in [5.41, 5.74) is 3.58. The van der Waals surface area contributed by atoms with Crippen LogP contribution in [0.1, 0.15) is 22.8 Å². The molecule has 6 nitrogen and oxygen atoms in total. The van der Waals surface area contributed by atoms with E-state index in [0.29, 0.717) is 16.6 Å². The molecule has 0 atom stereocenters. The fraction of sp³-hybridized carbons (Fsp3) is 0.286. The lowest BCUT2D eigenvalue weighted by Crippen LogP contribution is -2.30. The summed E-state index contributed by atoms with van der Waals surface area (Å²) in [6.07, 6.45) is 0. The van der Waals surface area contributed by atoms with Crippen molar-refractivity contribution in [2.75, 3.05) is 26.3 Å². The summed E-state index contributed by atoms with van der Waals surface area (Å²) in [5, 5.41) is 10.2. The molecular formula is C21H19Cl2N5OS2. The van der Waals surface area contributed by atoms with E-state index < -0.39 is 0 Å². The maximum Gasteiger partial charge on any atom is 0.159 e. The maximum atomic E-state index is 6.51. The van der Waals surface area contributed by atoms with Crippen molar-refractivity contribution >= 4 is 50.7 Å². The first kappa shape index (κ1) is 21.3. The SMILES string of the molecule is Clc1ccc2c(c1)C(c1ccccc1Cl)=NCc1nnc(CSSN3CCOCC3)n1-2. The number of benzene rings is 2. The van der Waals surface area contributed by atoms with Crippen LogP contribution in [-0.2, 0) is 17.0 Å². The Morgan fingerprint density at radius 1 is 1.00 bits per heavy atom. The zero-order chi connectivity index (χ0) is 21.2. The minimum absolute atomic E-state index is 0.418. The minimum Gasteiger partial charge on any atom is -0.379 e. The lowest BCUT2D eigenvalue weighted by Gasteiger charge is -2.24. The van der Waals surface area contributed by atoms with E-state index in [1.54, 1.807) is 21.8 Å². The smallest absolute Gasteiger partial charge is 0.159 e. The third kappa shape index (κ3) is 4.51. The van der Waals surface area contributed by atoms with Crippen molar-refractivity contribution in [3.8, 4) is 5.69 Å². The van der Waals surface area contributed by atoms with Crippen LogP contribution in [0.25, 0.3) is 5.69 Å². The average molecular weight is 492 g/mol. The lowest BCUT2D eigenvalue weighted by atomic mass is 10.0. The number of fused-ring (bicyclic) bond motifs is 3. The number of rotatable bonds is 5. The quantitative estimate of drug-likeness (QED) is 0.367. The van der Waals surface area contributed by atoms with E-state index in [1.807, 2.05) is 42.5 Å². The summed E-state index contributed by atoms with van der Waals surface area (Å²) in [5.74, 6) is 2.41. The summed E-state index contributed by atoms with van der Waals surface area (Å²) in [4.78, 5) is 4.86. The van der Waals surface area contributed by atoms with Crippen molar-refractivity contribution in [1.29, 1.82) is 0 Å². The molecule has 160 valence electrons. The fourth-order valence-corrected chi connectivity index (χ4v) is 6.17. The molecule has 31 heavy (non-hydrogen) atoms. The lowest BCUT2D eigenvalue weighted by molar-refractivity contribution is 0.0779. The van der Waals surface area contributed by atoms with Crippen LogP contribution in [0.2, 0.25) is 10.0 Å². The highest BCUT2D eigenvalue weighted by Crippen LogP contribution is 2.34. The molecule has 0 saturated carbocycles. The average Bonchev–Trinajstić information content (AvgIpc) is 3.11. The van der Waals surface area contributed by atoms with Crippen LogP contribution in [0, 0.1) is 0 Å². The van der Waals surface area contributed by atoms with E-state index in [4.69, 9.17) is 32.9 Å². The summed E-state index contributed by atoms with van der Waals surface area (Å²) in [6.45, 7) is 3.85. The molecule has 2 aliphatic rings. The van der Waals surface area contributed by atoms with E-state index in [-0.39, 0.29) is 0 Å². The second-order valence-corrected chi connectivity index (χ2v) is 10.2. The summed E-state index contributed by atoms with van der Waals surface area (Å²) < 4.78 is 9.84. The molecule has 1 saturated heterocycles. The number of morpholine rings is 1. The van der Waals surface area contributed by atoms with Crippen LogP contribution in [0.5, 0.6) is 0 Å². The first-order valence-electron chi connectivity index (χ1n) is 9.86. The van der Waals surface area contributed by atoms with Crippen molar-refractivity contribution in [2.45, 2.75) is 12.3 Å². The molecule has 1 aromatic heterocycles. The van der Waals surface area contributed by atoms with Gasteiger partial charge in [-0.05, 0) is 35.2 Å². The molecular weight excluding hydrogens is 473 g/mol. The number of hydrogen-bond acceptors (Lipinski definition) is 7. The molecule has 0 unspecified atom stereocenters. The van der Waals surface area contributed by atoms with E-state index >= 15 is 0 Å². The molecule has 3 aromatic rings. The van der Waals surface area contributed by atoms with Crippen LogP contribution >= 0.6 is 45.0 Å². The molecule has 0 spiro atoms. The molecule has 2 aromatic carbocycles. The molecule has 0 aliphatic carbocycles. The fourth-order valence-electron chi connectivity index (χ4n) is 3.61. The molecule has 0 amide bonds. The van der Waals surface area contributed by atoms with Gasteiger partial charge in [0, 0.05) is 34.3 Å². The number of aliphatic imine (C=N–C) groups is 1. The Balaban J connectivity index is 1.48. The van der Waals surface area contributed by atoms with Gasteiger partial charge in [-0.2, -0.15) is 0 Å². The van der Waals surface area contributed by atoms with Crippen molar-refractivity contribution in [1.82, 2.24) is 19.1 Å². The zero-order valence-corrected chi connectivity index (χ0v) is 19.6. The zero-order valence-electron chi connectivity index (χ0n) is 16.5. The first-order chi connectivity index (χ1) is 15.2. The highest BCUT2D eigenvalue weighted by molar-refractivity contribution is 8.75. The first-order valence-corrected chi connectivity index (χ1v) is 12.9. The maximum absolute atomic E-state index is 6.51. The molecule has 0 N–H and O–H groups in total. The van der Waals surface area contributed by atoms with Gasteiger partial charge in [0.25, 0.3) is 0 Å².